The van der Waals surface area contributed by atoms with Gasteiger partial charge in [-0.3, -0.25) is 14.7 Å². The van der Waals surface area contributed by atoms with E-state index in [-0.39, 0.29) is 12.5 Å². The molecular formula is C21H27N3O3. The van der Waals surface area contributed by atoms with Crippen LogP contribution < -0.4 is 5.32 Å². The van der Waals surface area contributed by atoms with Crippen LogP contribution in [0.1, 0.15) is 29.8 Å². The van der Waals surface area contributed by atoms with Crippen LogP contribution in [0.15, 0.2) is 42.6 Å². The Morgan fingerprint density at radius 1 is 1.19 bits per heavy atom. The van der Waals surface area contributed by atoms with Crippen LogP contribution >= 0.6 is 0 Å². The largest absolute Gasteiger partial charge is 0.394 e. The Morgan fingerprint density at radius 3 is 2.48 bits per heavy atom. The maximum atomic E-state index is 12.2. The maximum Gasteiger partial charge on any atom is 0.251 e. The Hall–Kier alpha value is -2.28. The lowest BCUT2D eigenvalue weighted by molar-refractivity contribution is 0.0341. The maximum absolute atomic E-state index is 12.2. The quantitative estimate of drug-likeness (QED) is 0.816. The summed E-state index contributed by atoms with van der Waals surface area (Å²) in [4.78, 5) is 19.2. The molecule has 0 saturated carbocycles. The van der Waals surface area contributed by atoms with Crippen molar-refractivity contribution in [3.8, 4) is 11.3 Å². The number of ether oxygens (including phenoxy) is 1. The van der Waals surface area contributed by atoms with E-state index in [0.29, 0.717) is 5.56 Å². The topological polar surface area (TPSA) is 74.7 Å². The van der Waals surface area contributed by atoms with Crippen molar-refractivity contribution >= 4 is 5.91 Å². The standard InChI is InChI=1S/C21H27N3O3/c1-21(2,15-25)23-20(26)18-6-4-17(5-7-18)19-8-3-16(13-22-19)14-24-9-11-27-12-10-24/h3-8,13,25H,9-12,14-15H2,1-2H3,(H,23,26). The predicted octanol–water partition coefficient (Wildman–Crippen LogP) is 2.08. The summed E-state index contributed by atoms with van der Waals surface area (Å²) in [5, 5.41) is 12.1. The van der Waals surface area contributed by atoms with Gasteiger partial charge in [0.1, 0.15) is 0 Å². The average molecular weight is 369 g/mol. The van der Waals surface area contributed by atoms with E-state index in [1.165, 1.54) is 5.56 Å². The SMILES string of the molecule is CC(C)(CO)NC(=O)c1ccc(-c2ccc(CN3CCOCC3)cn2)cc1. The number of nitrogens with zero attached hydrogens (tertiary/aromatic N) is 2. The second-order valence-corrected chi connectivity index (χ2v) is 7.51. The number of carbonyl (C=O) groups is 1. The molecule has 2 N–H and O–H groups in total. The van der Waals surface area contributed by atoms with Crippen molar-refractivity contribution in [1.29, 1.82) is 0 Å². The van der Waals surface area contributed by atoms with E-state index >= 15 is 0 Å². The summed E-state index contributed by atoms with van der Waals surface area (Å²) < 4.78 is 5.38. The monoisotopic (exact) mass is 369 g/mol. The van der Waals surface area contributed by atoms with E-state index in [4.69, 9.17) is 4.74 Å². The van der Waals surface area contributed by atoms with Gasteiger partial charge in [-0.1, -0.05) is 18.2 Å². The van der Waals surface area contributed by atoms with Crippen LogP contribution in [0.3, 0.4) is 0 Å². The number of nitrogens with one attached hydrogen (secondary N) is 1. The number of hydrogen-bond donors (Lipinski definition) is 2. The highest BCUT2D eigenvalue weighted by molar-refractivity contribution is 5.95. The van der Waals surface area contributed by atoms with Crippen molar-refractivity contribution in [2.24, 2.45) is 0 Å². The molecule has 1 fully saturated rings. The summed E-state index contributed by atoms with van der Waals surface area (Å²) in [5.74, 6) is -0.200. The first kappa shape index (κ1) is 19.5. The highest BCUT2D eigenvalue weighted by atomic mass is 16.5. The fraction of sp³-hybridized carbons (Fsp3) is 0.429. The minimum Gasteiger partial charge on any atom is -0.394 e. The predicted molar refractivity (Wildman–Crippen MR) is 104 cm³/mol. The van der Waals surface area contributed by atoms with Crippen LogP contribution in [0.25, 0.3) is 11.3 Å². The molecule has 1 aliphatic heterocycles. The van der Waals surface area contributed by atoms with E-state index in [9.17, 15) is 9.90 Å². The summed E-state index contributed by atoms with van der Waals surface area (Å²) >= 11 is 0. The van der Waals surface area contributed by atoms with Crippen LogP contribution in [0.5, 0.6) is 0 Å². The van der Waals surface area contributed by atoms with Gasteiger partial charge in [-0.25, -0.2) is 0 Å². The molecule has 2 aromatic rings. The van der Waals surface area contributed by atoms with Crippen molar-refractivity contribution in [3.05, 3.63) is 53.7 Å². The first-order valence-corrected chi connectivity index (χ1v) is 9.26. The van der Waals surface area contributed by atoms with Crippen LogP contribution in [-0.2, 0) is 11.3 Å². The fourth-order valence-electron chi connectivity index (χ4n) is 2.92. The normalized spacial score (nSPS) is 15.5. The number of amides is 1. The lowest BCUT2D eigenvalue weighted by atomic mass is 10.0. The van der Waals surface area contributed by atoms with Crippen molar-refractivity contribution in [3.63, 3.8) is 0 Å². The molecule has 0 spiro atoms. The van der Waals surface area contributed by atoms with Gasteiger partial charge in [-0.05, 0) is 37.6 Å². The van der Waals surface area contributed by atoms with Gasteiger partial charge in [-0.2, -0.15) is 0 Å². The molecule has 1 aromatic carbocycles. The summed E-state index contributed by atoms with van der Waals surface area (Å²) in [6.45, 7) is 7.83. The molecule has 27 heavy (non-hydrogen) atoms. The third-order valence-electron chi connectivity index (χ3n) is 4.62. The van der Waals surface area contributed by atoms with Gasteiger partial charge in [0, 0.05) is 37.0 Å². The van der Waals surface area contributed by atoms with Gasteiger partial charge < -0.3 is 15.2 Å². The Kier molecular flexibility index (Phi) is 6.21. The van der Waals surface area contributed by atoms with E-state index in [1.54, 1.807) is 26.0 Å². The van der Waals surface area contributed by atoms with Gasteiger partial charge in [0.2, 0.25) is 0 Å². The van der Waals surface area contributed by atoms with Crippen molar-refractivity contribution < 1.29 is 14.6 Å². The molecule has 144 valence electrons. The Balaban J connectivity index is 1.63. The number of aliphatic hydroxyl groups is 1. The second kappa shape index (κ2) is 8.61. The second-order valence-electron chi connectivity index (χ2n) is 7.51. The zero-order valence-corrected chi connectivity index (χ0v) is 15.9. The molecule has 6 heteroatoms. The minimum absolute atomic E-state index is 0.114. The smallest absolute Gasteiger partial charge is 0.251 e. The molecule has 2 heterocycles. The molecule has 0 unspecified atom stereocenters. The third kappa shape index (κ3) is 5.35. The number of benzene rings is 1. The van der Waals surface area contributed by atoms with Crippen LogP contribution in [0.4, 0.5) is 0 Å². The fourth-order valence-corrected chi connectivity index (χ4v) is 2.92. The molecule has 0 radical (unpaired) electrons. The number of hydrogen-bond acceptors (Lipinski definition) is 5. The number of aromatic nitrogens is 1. The van der Waals surface area contributed by atoms with E-state index in [0.717, 1.165) is 44.1 Å². The average Bonchev–Trinajstić information content (AvgIpc) is 2.69. The first-order chi connectivity index (χ1) is 13.0. The summed E-state index contributed by atoms with van der Waals surface area (Å²) in [6, 6.07) is 11.5. The van der Waals surface area contributed by atoms with Gasteiger partial charge >= 0.3 is 0 Å². The van der Waals surface area contributed by atoms with E-state index in [1.807, 2.05) is 24.4 Å². The number of carbonyl (C=O) groups excluding carboxylic acids is 1. The van der Waals surface area contributed by atoms with E-state index in [2.05, 4.69) is 21.3 Å². The van der Waals surface area contributed by atoms with Crippen LogP contribution in [0, 0.1) is 0 Å². The molecule has 3 rings (SSSR count). The molecule has 6 nitrogen and oxygen atoms in total. The molecular weight excluding hydrogens is 342 g/mol. The number of rotatable bonds is 6. The van der Waals surface area contributed by atoms with Crippen molar-refractivity contribution in [2.45, 2.75) is 25.9 Å². The molecule has 0 aliphatic carbocycles. The molecule has 1 amide bonds. The van der Waals surface area contributed by atoms with Crippen molar-refractivity contribution in [1.82, 2.24) is 15.2 Å². The summed E-state index contributed by atoms with van der Waals surface area (Å²) in [5.41, 5.74) is 2.94. The molecule has 1 aliphatic rings. The zero-order chi connectivity index (χ0) is 19.3. The summed E-state index contributed by atoms with van der Waals surface area (Å²) in [6.07, 6.45) is 1.91. The first-order valence-electron chi connectivity index (χ1n) is 9.26. The van der Waals surface area contributed by atoms with Gasteiger partial charge in [0.15, 0.2) is 0 Å². The molecule has 0 atom stereocenters. The van der Waals surface area contributed by atoms with Gasteiger partial charge in [-0.15, -0.1) is 0 Å². The van der Waals surface area contributed by atoms with Gasteiger partial charge in [0.05, 0.1) is 31.1 Å². The molecule has 1 saturated heterocycles. The summed E-state index contributed by atoms with van der Waals surface area (Å²) in [7, 11) is 0. The van der Waals surface area contributed by atoms with Crippen LogP contribution in [-0.4, -0.2) is 59.3 Å². The Labute approximate surface area is 160 Å². The minimum atomic E-state index is -0.645. The van der Waals surface area contributed by atoms with E-state index < -0.39 is 5.54 Å². The Bertz CT molecular complexity index is 751. The zero-order valence-electron chi connectivity index (χ0n) is 15.9. The number of morpholine rings is 1. The Morgan fingerprint density at radius 2 is 1.89 bits per heavy atom. The van der Waals surface area contributed by atoms with Crippen molar-refractivity contribution in [2.75, 3.05) is 32.9 Å². The third-order valence-corrected chi connectivity index (χ3v) is 4.62. The van der Waals surface area contributed by atoms with Gasteiger partial charge in [0.25, 0.3) is 5.91 Å². The highest BCUT2D eigenvalue weighted by Crippen LogP contribution is 2.19. The van der Waals surface area contributed by atoms with Crippen LogP contribution in [0.2, 0.25) is 0 Å². The lowest BCUT2D eigenvalue weighted by Gasteiger charge is -2.26. The number of aliphatic hydroxyl groups excluding tert-OH is 1. The molecule has 0 bridgehead atoms. The highest BCUT2D eigenvalue weighted by Gasteiger charge is 2.20. The number of pyridine rings is 1. The lowest BCUT2D eigenvalue weighted by Crippen LogP contribution is -2.46. The molecule has 1 aromatic heterocycles.